The van der Waals surface area contributed by atoms with E-state index in [1.165, 1.54) is 0 Å². The molecule has 16 heavy (non-hydrogen) atoms. The summed E-state index contributed by atoms with van der Waals surface area (Å²) in [5.74, 6) is -2.34. The summed E-state index contributed by atoms with van der Waals surface area (Å²) in [6.07, 6.45) is 1.84. The molecule has 0 aliphatic heterocycles. The minimum absolute atomic E-state index is 0.281. The van der Waals surface area contributed by atoms with Gasteiger partial charge in [-0.15, -0.1) is 0 Å². The van der Waals surface area contributed by atoms with Crippen LogP contribution in [-0.4, -0.2) is 46.2 Å². The smallest absolute Gasteiger partial charge is 0.320 e. The molecule has 5 heteroatoms. The minimum Gasteiger partial charge on any atom is -0.481 e. The lowest BCUT2D eigenvalue weighted by Gasteiger charge is -2.27. The summed E-state index contributed by atoms with van der Waals surface area (Å²) >= 11 is 0. The zero-order valence-corrected chi connectivity index (χ0v) is 10.1. The van der Waals surface area contributed by atoms with Gasteiger partial charge in [0, 0.05) is 6.54 Å². The lowest BCUT2D eigenvalue weighted by molar-refractivity contribution is -0.146. The summed E-state index contributed by atoms with van der Waals surface area (Å²) in [6, 6.07) is -0.631. The van der Waals surface area contributed by atoms with Crippen molar-refractivity contribution in [2.24, 2.45) is 5.92 Å². The van der Waals surface area contributed by atoms with E-state index in [2.05, 4.69) is 0 Å². The first-order valence-electron chi connectivity index (χ1n) is 5.59. The van der Waals surface area contributed by atoms with Crippen molar-refractivity contribution >= 4 is 11.9 Å². The van der Waals surface area contributed by atoms with E-state index in [9.17, 15) is 9.59 Å². The summed E-state index contributed by atoms with van der Waals surface area (Å²) < 4.78 is 0. The fourth-order valence-electron chi connectivity index (χ4n) is 1.39. The molecule has 0 saturated carbocycles. The highest BCUT2D eigenvalue weighted by Crippen LogP contribution is 2.07. The third kappa shape index (κ3) is 5.11. The van der Waals surface area contributed by atoms with Crippen molar-refractivity contribution in [2.75, 3.05) is 13.1 Å². The van der Waals surface area contributed by atoms with Crippen LogP contribution in [0.5, 0.6) is 0 Å². The predicted octanol–water partition coefficient (Wildman–Crippen LogP) is 1.28. The van der Waals surface area contributed by atoms with E-state index in [0.29, 0.717) is 6.54 Å². The van der Waals surface area contributed by atoms with Gasteiger partial charge in [0.05, 0.1) is 5.92 Å². The van der Waals surface area contributed by atoms with Gasteiger partial charge < -0.3 is 10.2 Å². The molecule has 5 nitrogen and oxygen atoms in total. The molecule has 0 aliphatic carbocycles. The Bertz CT molecular complexity index is 242. The van der Waals surface area contributed by atoms with Crippen molar-refractivity contribution in [3.63, 3.8) is 0 Å². The molecule has 0 spiro atoms. The maximum absolute atomic E-state index is 10.9. The standard InChI is InChI=1S/C11H21NO4/c1-4-5-6-12(9(3)11(15)16)7-8(2)10(13)14/h8-9H,4-7H2,1-3H3,(H,13,14)(H,15,16). The number of carboxylic acids is 2. The molecular formula is C11H21NO4. The summed E-state index contributed by atoms with van der Waals surface area (Å²) in [6.45, 7) is 6.11. The third-order valence-corrected chi connectivity index (χ3v) is 2.63. The molecule has 2 atom stereocenters. The van der Waals surface area contributed by atoms with Crippen LogP contribution in [0, 0.1) is 5.92 Å². The van der Waals surface area contributed by atoms with Crippen molar-refractivity contribution < 1.29 is 19.8 Å². The Morgan fingerprint density at radius 3 is 2.12 bits per heavy atom. The first kappa shape index (κ1) is 14.9. The molecule has 0 rings (SSSR count). The Balaban J connectivity index is 4.41. The molecule has 0 heterocycles. The average molecular weight is 231 g/mol. The normalized spacial score (nSPS) is 14.8. The number of unbranched alkanes of at least 4 members (excludes halogenated alkanes) is 1. The quantitative estimate of drug-likeness (QED) is 0.658. The predicted molar refractivity (Wildman–Crippen MR) is 60.4 cm³/mol. The first-order valence-corrected chi connectivity index (χ1v) is 5.59. The zero-order valence-electron chi connectivity index (χ0n) is 10.1. The van der Waals surface area contributed by atoms with Crippen molar-refractivity contribution in [1.82, 2.24) is 4.90 Å². The number of hydrogen-bond donors (Lipinski definition) is 2. The van der Waals surface area contributed by atoms with Crippen LogP contribution < -0.4 is 0 Å². The van der Waals surface area contributed by atoms with Crippen molar-refractivity contribution in [3.05, 3.63) is 0 Å². The Hall–Kier alpha value is -1.10. The SMILES string of the molecule is CCCCN(CC(C)C(=O)O)C(C)C(=O)O. The fraction of sp³-hybridized carbons (Fsp3) is 0.818. The fourth-order valence-corrected chi connectivity index (χ4v) is 1.39. The Morgan fingerprint density at radius 1 is 1.19 bits per heavy atom. The molecule has 94 valence electrons. The van der Waals surface area contributed by atoms with Gasteiger partial charge in [0.15, 0.2) is 0 Å². The molecule has 2 N–H and O–H groups in total. The molecule has 0 fully saturated rings. The summed E-state index contributed by atoms with van der Waals surface area (Å²) in [7, 11) is 0. The Labute approximate surface area is 96.1 Å². The molecule has 0 bridgehead atoms. The van der Waals surface area contributed by atoms with Crippen LogP contribution in [0.3, 0.4) is 0 Å². The Morgan fingerprint density at radius 2 is 1.75 bits per heavy atom. The van der Waals surface area contributed by atoms with Gasteiger partial charge in [-0.25, -0.2) is 0 Å². The third-order valence-electron chi connectivity index (χ3n) is 2.63. The second-order valence-corrected chi connectivity index (χ2v) is 4.10. The van der Waals surface area contributed by atoms with Crippen LogP contribution in [-0.2, 0) is 9.59 Å². The summed E-state index contributed by atoms with van der Waals surface area (Å²) in [4.78, 5) is 23.3. The van der Waals surface area contributed by atoms with Crippen LogP contribution in [0.15, 0.2) is 0 Å². The summed E-state index contributed by atoms with van der Waals surface area (Å²) in [5.41, 5.74) is 0. The molecule has 0 aromatic heterocycles. The second-order valence-electron chi connectivity index (χ2n) is 4.10. The highest BCUT2D eigenvalue weighted by atomic mass is 16.4. The number of rotatable bonds is 8. The van der Waals surface area contributed by atoms with Crippen LogP contribution in [0.1, 0.15) is 33.6 Å². The van der Waals surface area contributed by atoms with Crippen molar-refractivity contribution in [3.8, 4) is 0 Å². The van der Waals surface area contributed by atoms with Gasteiger partial charge in [-0.1, -0.05) is 20.3 Å². The second kappa shape index (κ2) is 7.22. The van der Waals surface area contributed by atoms with Gasteiger partial charge in [0.2, 0.25) is 0 Å². The highest BCUT2D eigenvalue weighted by molar-refractivity contribution is 5.73. The van der Waals surface area contributed by atoms with Gasteiger partial charge >= 0.3 is 11.9 Å². The van der Waals surface area contributed by atoms with Crippen LogP contribution in [0.2, 0.25) is 0 Å². The van der Waals surface area contributed by atoms with Gasteiger partial charge in [-0.05, 0) is 19.9 Å². The molecule has 0 radical (unpaired) electrons. The average Bonchev–Trinajstić information content (AvgIpc) is 2.22. The minimum atomic E-state index is -0.909. The molecule has 0 amide bonds. The Kier molecular flexibility index (Phi) is 6.72. The molecule has 2 unspecified atom stereocenters. The number of aliphatic carboxylic acids is 2. The number of hydrogen-bond acceptors (Lipinski definition) is 3. The molecule has 0 aromatic rings. The monoisotopic (exact) mass is 231 g/mol. The lowest BCUT2D eigenvalue weighted by atomic mass is 10.1. The number of nitrogens with zero attached hydrogens (tertiary/aromatic N) is 1. The molecule has 0 aromatic carbocycles. The molecule has 0 saturated heterocycles. The van der Waals surface area contributed by atoms with E-state index >= 15 is 0 Å². The lowest BCUT2D eigenvalue weighted by Crippen LogP contribution is -2.43. The van der Waals surface area contributed by atoms with Crippen molar-refractivity contribution in [2.45, 2.75) is 39.7 Å². The number of carbonyl (C=O) groups is 2. The van der Waals surface area contributed by atoms with Gasteiger partial charge in [0.25, 0.3) is 0 Å². The van der Waals surface area contributed by atoms with Gasteiger partial charge in [-0.3, -0.25) is 14.5 Å². The van der Waals surface area contributed by atoms with E-state index in [1.54, 1.807) is 18.7 Å². The van der Waals surface area contributed by atoms with Crippen LogP contribution in [0.25, 0.3) is 0 Å². The van der Waals surface area contributed by atoms with Crippen molar-refractivity contribution in [1.29, 1.82) is 0 Å². The topological polar surface area (TPSA) is 77.8 Å². The first-order chi connectivity index (χ1) is 7.40. The maximum Gasteiger partial charge on any atom is 0.320 e. The van der Waals surface area contributed by atoms with E-state index in [1.807, 2.05) is 6.92 Å². The van der Waals surface area contributed by atoms with Crippen LogP contribution >= 0.6 is 0 Å². The molecule has 0 aliphatic rings. The maximum atomic E-state index is 10.9. The zero-order chi connectivity index (χ0) is 12.7. The van der Waals surface area contributed by atoms with Gasteiger partial charge in [0.1, 0.15) is 6.04 Å². The summed E-state index contributed by atoms with van der Waals surface area (Å²) in [5, 5.41) is 17.7. The highest BCUT2D eigenvalue weighted by Gasteiger charge is 2.24. The van der Waals surface area contributed by atoms with E-state index in [4.69, 9.17) is 10.2 Å². The van der Waals surface area contributed by atoms with E-state index < -0.39 is 23.9 Å². The van der Waals surface area contributed by atoms with E-state index in [-0.39, 0.29) is 6.54 Å². The van der Waals surface area contributed by atoms with Gasteiger partial charge in [-0.2, -0.15) is 0 Å². The van der Waals surface area contributed by atoms with Crippen LogP contribution in [0.4, 0.5) is 0 Å². The molecular weight excluding hydrogens is 210 g/mol. The van der Waals surface area contributed by atoms with E-state index in [0.717, 1.165) is 12.8 Å². The largest absolute Gasteiger partial charge is 0.481 e. The number of carboxylic acid groups (broad SMARTS) is 2.